The Labute approximate surface area is 186 Å². The zero-order chi connectivity index (χ0) is 22.5. The van der Waals surface area contributed by atoms with Gasteiger partial charge in [0, 0.05) is 5.92 Å². The molecule has 3 aromatic carbocycles. The van der Waals surface area contributed by atoms with E-state index >= 15 is 0 Å². The number of amides is 1. The van der Waals surface area contributed by atoms with Gasteiger partial charge in [-0.05, 0) is 46.7 Å². The molecule has 0 bridgehead atoms. The van der Waals surface area contributed by atoms with E-state index in [4.69, 9.17) is 9.47 Å². The van der Waals surface area contributed by atoms with Crippen LogP contribution in [0.15, 0.2) is 72.8 Å². The molecule has 2 N–H and O–H groups in total. The SMILES string of the molecule is COc1ccccc1CC[C@H](NC(=O)OCC1c2ccccc2-c2ccccc21)C(=O)O. The number of para-hydroxylation sites is 1. The van der Waals surface area contributed by atoms with Crippen LogP contribution in [0.1, 0.15) is 29.0 Å². The van der Waals surface area contributed by atoms with Crippen molar-refractivity contribution in [3.05, 3.63) is 89.5 Å². The number of carboxylic acid groups (broad SMARTS) is 1. The van der Waals surface area contributed by atoms with Crippen molar-refractivity contribution < 1.29 is 24.2 Å². The third kappa shape index (κ3) is 4.44. The number of rotatable bonds is 8. The number of hydrogen-bond acceptors (Lipinski definition) is 4. The summed E-state index contributed by atoms with van der Waals surface area (Å²) < 4.78 is 10.8. The van der Waals surface area contributed by atoms with Crippen LogP contribution in [0.3, 0.4) is 0 Å². The number of ether oxygens (including phenoxy) is 2. The van der Waals surface area contributed by atoms with Gasteiger partial charge >= 0.3 is 12.1 Å². The fourth-order valence-corrected chi connectivity index (χ4v) is 4.25. The maximum absolute atomic E-state index is 12.5. The number of carbonyl (C=O) groups excluding carboxylic acids is 1. The average molecular weight is 431 g/mol. The predicted octanol–water partition coefficient (Wildman–Crippen LogP) is 4.62. The molecule has 3 aromatic rings. The summed E-state index contributed by atoms with van der Waals surface area (Å²) in [7, 11) is 1.57. The van der Waals surface area contributed by atoms with E-state index in [9.17, 15) is 14.7 Å². The van der Waals surface area contributed by atoms with Crippen molar-refractivity contribution in [3.63, 3.8) is 0 Å². The fourth-order valence-electron chi connectivity index (χ4n) is 4.25. The van der Waals surface area contributed by atoms with Gasteiger partial charge in [-0.25, -0.2) is 9.59 Å². The molecule has 32 heavy (non-hydrogen) atoms. The van der Waals surface area contributed by atoms with Gasteiger partial charge in [0.25, 0.3) is 0 Å². The smallest absolute Gasteiger partial charge is 0.407 e. The van der Waals surface area contributed by atoms with Gasteiger partial charge in [-0.15, -0.1) is 0 Å². The number of aryl methyl sites for hydroxylation is 1. The van der Waals surface area contributed by atoms with Crippen molar-refractivity contribution in [3.8, 4) is 16.9 Å². The van der Waals surface area contributed by atoms with Crippen molar-refractivity contribution in [1.29, 1.82) is 0 Å². The Morgan fingerprint density at radius 3 is 2.16 bits per heavy atom. The van der Waals surface area contributed by atoms with Crippen molar-refractivity contribution in [1.82, 2.24) is 5.32 Å². The standard InChI is InChI=1S/C26H25NO5/c1-31-24-13-7-2-8-17(24)14-15-23(25(28)29)27-26(30)32-16-22-20-11-5-3-9-18(20)19-10-4-6-12-21(19)22/h2-13,22-23H,14-16H2,1H3,(H,27,30)(H,28,29)/t23-/m0/s1. The monoisotopic (exact) mass is 431 g/mol. The first kappa shape index (κ1) is 21.4. The molecule has 0 aromatic heterocycles. The van der Waals surface area contributed by atoms with E-state index in [1.165, 1.54) is 0 Å². The largest absolute Gasteiger partial charge is 0.496 e. The topological polar surface area (TPSA) is 84.9 Å². The van der Waals surface area contributed by atoms with Gasteiger partial charge in [-0.2, -0.15) is 0 Å². The minimum atomic E-state index is -1.10. The van der Waals surface area contributed by atoms with Crippen LogP contribution >= 0.6 is 0 Å². The Balaban J connectivity index is 1.39. The number of carbonyl (C=O) groups is 2. The molecular formula is C26H25NO5. The second-order valence-corrected chi connectivity index (χ2v) is 7.71. The number of nitrogens with one attached hydrogen (secondary N) is 1. The highest BCUT2D eigenvalue weighted by Gasteiger charge is 2.29. The van der Waals surface area contributed by atoms with Gasteiger partial charge in [0.1, 0.15) is 18.4 Å². The van der Waals surface area contributed by atoms with Gasteiger partial charge in [0.2, 0.25) is 0 Å². The molecule has 6 heteroatoms. The Kier molecular flexibility index (Phi) is 6.40. The summed E-state index contributed by atoms with van der Waals surface area (Å²) in [5, 5.41) is 12.1. The molecule has 0 aliphatic heterocycles. The molecule has 1 aliphatic carbocycles. The molecule has 0 fully saturated rings. The summed E-state index contributed by atoms with van der Waals surface area (Å²) in [5.41, 5.74) is 5.37. The first-order valence-electron chi connectivity index (χ1n) is 10.5. The molecular weight excluding hydrogens is 406 g/mol. The molecule has 4 rings (SSSR count). The van der Waals surface area contributed by atoms with Gasteiger partial charge in [-0.1, -0.05) is 66.7 Å². The molecule has 1 atom stereocenters. The maximum atomic E-state index is 12.5. The Hall–Kier alpha value is -3.80. The molecule has 0 unspecified atom stereocenters. The lowest BCUT2D eigenvalue weighted by Crippen LogP contribution is -2.41. The first-order valence-corrected chi connectivity index (χ1v) is 10.5. The van der Waals surface area contributed by atoms with Crippen LogP contribution in [0.5, 0.6) is 5.75 Å². The third-order valence-electron chi connectivity index (χ3n) is 5.83. The zero-order valence-corrected chi connectivity index (χ0v) is 17.8. The average Bonchev–Trinajstić information content (AvgIpc) is 3.14. The van der Waals surface area contributed by atoms with Gasteiger partial charge in [-0.3, -0.25) is 0 Å². The molecule has 0 radical (unpaired) electrons. The zero-order valence-electron chi connectivity index (χ0n) is 17.8. The van der Waals surface area contributed by atoms with E-state index < -0.39 is 18.1 Å². The maximum Gasteiger partial charge on any atom is 0.407 e. The van der Waals surface area contributed by atoms with Crippen LogP contribution in [-0.4, -0.2) is 36.9 Å². The quantitative estimate of drug-likeness (QED) is 0.544. The number of alkyl carbamates (subject to hydrolysis) is 1. The second-order valence-electron chi connectivity index (χ2n) is 7.71. The minimum absolute atomic E-state index is 0.0787. The van der Waals surface area contributed by atoms with Crippen LogP contribution in [-0.2, 0) is 16.0 Å². The lowest BCUT2D eigenvalue weighted by molar-refractivity contribution is -0.139. The predicted molar refractivity (Wildman–Crippen MR) is 121 cm³/mol. The normalized spacial score (nSPS) is 13.0. The Bertz CT molecular complexity index is 1080. The van der Waals surface area contributed by atoms with Crippen LogP contribution in [0.25, 0.3) is 11.1 Å². The number of aliphatic carboxylic acids is 1. The molecule has 0 saturated heterocycles. The van der Waals surface area contributed by atoms with Crippen LogP contribution in [0.2, 0.25) is 0 Å². The van der Waals surface area contributed by atoms with E-state index in [2.05, 4.69) is 17.4 Å². The highest BCUT2D eigenvalue weighted by atomic mass is 16.5. The van der Waals surface area contributed by atoms with Crippen molar-refractivity contribution in [2.24, 2.45) is 0 Å². The minimum Gasteiger partial charge on any atom is -0.496 e. The van der Waals surface area contributed by atoms with Crippen molar-refractivity contribution in [2.75, 3.05) is 13.7 Å². The number of benzene rings is 3. The highest BCUT2D eigenvalue weighted by Crippen LogP contribution is 2.44. The van der Waals surface area contributed by atoms with E-state index in [0.29, 0.717) is 12.2 Å². The molecule has 0 spiro atoms. The van der Waals surface area contributed by atoms with Gasteiger partial charge in [0.15, 0.2) is 0 Å². The van der Waals surface area contributed by atoms with Crippen LogP contribution < -0.4 is 10.1 Å². The van der Waals surface area contributed by atoms with Gasteiger partial charge < -0.3 is 19.9 Å². The number of fused-ring (bicyclic) bond motifs is 3. The molecule has 0 saturated carbocycles. The molecule has 1 aliphatic rings. The number of hydrogen-bond donors (Lipinski definition) is 2. The molecule has 0 heterocycles. The summed E-state index contributed by atoms with van der Waals surface area (Å²) in [6, 6.07) is 22.5. The second kappa shape index (κ2) is 9.56. The first-order chi connectivity index (χ1) is 15.6. The molecule has 6 nitrogen and oxygen atoms in total. The van der Waals surface area contributed by atoms with E-state index in [0.717, 1.165) is 27.8 Å². The van der Waals surface area contributed by atoms with Crippen molar-refractivity contribution in [2.45, 2.75) is 24.8 Å². The fraction of sp³-hybridized carbons (Fsp3) is 0.231. The highest BCUT2D eigenvalue weighted by molar-refractivity contribution is 5.81. The van der Waals surface area contributed by atoms with E-state index in [-0.39, 0.29) is 18.9 Å². The Morgan fingerprint density at radius 1 is 0.938 bits per heavy atom. The van der Waals surface area contributed by atoms with E-state index in [1.54, 1.807) is 7.11 Å². The summed E-state index contributed by atoms with van der Waals surface area (Å²) in [5.74, 6) is -0.490. The lowest BCUT2D eigenvalue weighted by atomic mass is 9.98. The van der Waals surface area contributed by atoms with Crippen LogP contribution in [0.4, 0.5) is 4.79 Å². The molecule has 1 amide bonds. The van der Waals surface area contributed by atoms with Crippen molar-refractivity contribution >= 4 is 12.1 Å². The Morgan fingerprint density at radius 2 is 1.53 bits per heavy atom. The van der Waals surface area contributed by atoms with Gasteiger partial charge in [0.05, 0.1) is 7.11 Å². The summed E-state index contributed by atoms with van der Waals surface area (Å²) >= 11 is 0. The summed E-state index contributed by atoms with van der Waals surface area (Å²) in [4.78, 5) is 24.1. The summed E-state index contributed by atoms with van der Waals surface area (Å²) in [6.45, 7) is 0.138. The summed E-state index contributed by atoms with van der Waals surface area (Å²) in [6.07, 6.45) is -0.0656. The number of methoxy groups -OCH3 is 1. The molecule has 164 valence electrons. The third-order valence-corrected chi connectivity index (χ3v) is 5.83. The lowest BCUT2D eigenvalue weighted by Gasteiger charge is -2.18. The van der Waals surface area contributed by atoms with Crippen LogP contribution in [0, 0.1) is 0 Å². The number of carboxylic acids is 1. The van der Waals surface area contributed by atoms with E-state index in [1.807, 2.05) is 60.7 Å².